The molecule has 1 amide bonds. The highest BCUT2D eigenvalue weighted by Gasteiger charge is 2.16. The first-order valence-electron chi connectivity index (χ1n) is 5.95. The van der Waals surface area contributed by atoms with Crippen LogP contribution in [-0.2, 0) is 6.42 Å². The van der Waals surface area contributed by atoms with Gasteiger partial charge in [0.1, 0.15) is 5.69 Å². The number of amides is 1. The number of nitrogen functional groups attached to an aromatic ring is 1. The summed E-state index contributed by atoms with van der Waals surface area (Å²) in [6.07, 6.45) is 1.93. The van der Waals surface area contributed by atoms with Crippen LogP contribution >= 0.6 is 0 Å². The highest BCUT2D eigenvalue weighted by atomic mass is 16.3. The van der Waals surface area contributed by atoms with Crippen LogP contribution in [0.15, 0.2) is 36.5 Å². The van der Waals surface area contributed by atoms with E-state index in [-0.39, 0.29) is 29.9 Å². The van der Waals surface area contributed by atoms with Crippen molar-refractivity contribution in [2.24, 2.45) is 0 Å². The Labute approximate surface area is 110 Å². The minimum atomic E-state index is -0.370. The van der Waals surface area contributed by atoms with Crippen molar-refractivity contribution in [1.82, 2.24) is 15.5 Å². The van der Waals surface area contributed by atoms with Gasteiger partial charge in [0, 0.05) is 0 Å². The quantitative estimate of drug-likeness (QED) is 0.621. The van der Waals surface area contributed by atoms with Crippen molar-refractivity contribution in [3.63, 3.8) is 0 Å². The van der Waals surface area contributed by atoms with Crippen molar-refractivity contribution in [1.29, 1.82) is 0 Å². The third-order valence-corrected chi connectivity index (χ3v) is 2.78. The van der Waals surface area contributed by atoms with Gasteiger partial charge in [0.15, 0.2) is 0 Å². The van der Waals surface area contributed by atoms with Crippen molar-refractivity contribution in [3.05, 3.63) is 47.8 Å². The third-order valence-electron chi connectivity index (χ3n) is 2.78. The second-order valence-electron chi connectivity index (χ2n) is 4.24. The van der Waals surface area contributed by atoms with E-state index in [1.165, 1.54) is 6.20 Å². The molecule has 100 valence electrons. The Hall–Kier alpha value is -2.34. The standard InChI is InChI=1S/C13H16N4O2/c14-11-7-15-17-12(11)13(19)16-10(8-18)6-9-4-2-1-3-5-9/h1-5,7,10,18H,6,8,14H2,(H,15,17)(H,16,19)/t10-/m0/s1. The maximum absolute atomic E-state index is 11.9. The molecule has 1 heterocycles. The van der Waals surface area contributed by atoms with Crippen LogP contribution in [-0.4, -0.2) is 33.9 Å². The molecule has 1 aromatic carbocycles. The second-order valence-corrected chi connectivity index (χ2v) is 4.24. The molecule has 0 aliphatic heterocycles. The van der Waals surface area contributed by atoms with Gasteiger partial charge in [-0.2, -0.15) is 5.10 Å². The summed E-state index contributed by atoms with van der Waals surface area (Å²) in [6, 6.07) is 9.27. The average molecular weight is 260 g/mol. The van der Waals surface area contributed by atoms with Gasteiger partial charge >= 0.3 is 0 Å². The van der Waals surface area contributed by atoms with E-state index in [1.807, 2.05) is 30.3 Å². The van der Waals surface area contributed by atoms with E-state index >= 15 is 0 Å². The van der Waals surface area contributed by atoms with E-state index in [0.717, 1.165) is 5.56 Å². The summed E-state index contributed by atoms with van der Waals surface area (Å²) in [4.78, 5) is 11.9. The predicted octanol–water partition coefficient (Wildman–Crippen LogP) is 0.325. The van der Waals surface area contributed by atoms with Crippen molar-refractivity contribution < 1.29 is 9.90 Å². The summed E-state index contributed by atoms with van der Waals surface area (Å²) in [5.74, 6) is -0.370. The lowest BCUT2D eigenvalue weighted by Crippen LogP contribution is -2.39. The molecule has 0 radical (unpaired) electrons. The maximum atomic E-state index is 11.9. The van der Waals surface area contributed by atoms with E-state index in [2.05, 4.69) is 15.5 Å². The fraction of sp³-hybridized carbons (Fsp3) is 0.231. The molecule has 0 unspecified atom stereocenters. The molecule has 19 heavy (non-hydrogen) atoms. The lowest BCUT2D eigenvalue weighted by Gasteiger charge is -2.16. The molecule has 0 saturated heterocycles. The van der Waals surface area contributed by atoms with Crippen LogP contribution in [0.2, 0.25) is 0 Å². The topological polar surface area (TPSA) is 104 Å². The number of hydrogen-bond acceptors (Lipinski definition) is 4. The van der Waals surface area contributed by atoms with Gasteiger partial charge < -0.3 is 16.2 Å². The monoisotopic (exact) mass is 260 g/mol. The zero-order valence-corrected chi connectivity index (χ0v) is 10.3. The molecule has 1 aromatic heterocycles. The number of nitrogens with one attached hydrogen (secondary N) is 2. The Morgan fingerprint density at radius 3 is 2.74 bits per heavy atom. The van der Waals surface area contributed by atoms with Crippen LogP contribution in [0.5, 0.6) is 0 Å². The Morgan fingerprint density at radius 2 is 2.16 bits per heavy atom. The second kappa shape index (κ2) is 6.01. The largest absolute Gasteiger partial charge is 0.396 e. The van der Waals surface area contributed by atoms with Gasteiger partial charge in [0.2, 0.25) is 0 Å². The van der Waals surface area contributed by atoms with Crippen molar-refractivity contribution in [3.8, 4) is 0 Å². The Balaban J connectivity index is 2.00. The number of aromatic nitrogens is 2. The fourth-order valence-corrected chi connectivity index (χ4v) is 1.79. The number of anilines is 1. The molecule has 2 rings (SSSR count). The van der Waals surface area contributed by atoms with Crippen molar-refractivity contribution in [2.45, 2.75) is 12.5 Å². The molecule has 0 fully saturated rings. The average Bonchev–Trinajstić information content (AvgIpc) is 2.85. The molecular weight excluding hydrogens is 244 g/mol. The van der Waals surface area contributed by atoms with Gasteiger partial charge in [0.25, 0.3) is 5.91 Å². The molecular formula is C13H16N4O2. The van der Waals surface area contributed by atoms with Gasteiger partial charge in [-0.3, -0.25) is 9.89 Å². The van der Waals surface area contributed by atoms with Gasteiger partial charge in [-0.1, -0.05) is 30.3 Å². The normalized spacial score (nSPS) is 12.1. The minimum absolute atomic E-state index is 0.144. The van der Waals surface area contributed by atoms with E-state index in [1.54, 1.807) is 0 Å². The maximum Gasteiger partial charge on any atom is 0.271 e. The molecule has 1 atom stereocenters. The van der Waals surface area contributed by atoms with Crippen LogP contribution in [0.1, 0.15) is 16.1 Å². The molecule has 6 nitrogen and oxygen atoms in total. The number of nitrogens with two attached hydrogens (primary N) is 1. The lowest BCUT2D eigenvalue weighted by molar-refractivity contribution is 0.0912. The first-order valence-corrected chi connectivity index (χ1v) is 5.95. The van der Waals surface area contributed by atoms with Crippen LogP contribution < -0.4 is 11.1 Å². The molecule has 0 bridgehead atoms. The molecule has 0 aliphatic rings. The molecule has 0 saturated carbocycles. The van der Waals surface area contributed by atoms with Crippen LogP contribution in [0.3, 0.4) is 0 Å². The molecule has 2 aromatic rings. The highest BCUT2D eigenvalue weighted by Crippen LogP contribution is 2.07. The van der Waals surface area contributed by atoms with Crippen LogP contribution in [0.4, 0.5) is 5.69 Å². The number of aliphatic hydroxyl groups is 1. The Bertz CT molecular complexity index is 539. The van der Waals surface area contributed by atoms with E-state index in [9.17, 15) is 9.90 Å². The molecule has 0 aliphatic carbocycles. The van der Waals surface area contributed by atoms with Crippen molar-refractivity contribution >= 4 is 11.6 Å². The zero-order valence-electron chi connectivity index (χ0n) is 10.3. The number of aromatic amines is 1. The third kappa shape index (κ3) is 3.32. The first-order chi connectivity index (χ1) is 9.20. The molecule has 6 heteroatoms. The SMILES string of the molecule is Nc1cn[nH]c1C(=O)N[C@H](CO)Cc1ccccc1. The van der Waals surface area contributed by atoms with E-state index in [0.29, 0.717) is 6.42 Å². The van der Waals surface area contributed by atoms with Gasteiger partial charge in [0.05, 0.1) is 24.5 Å². The number of carbonyl (C=O) groups excluding carboxylic acids is 1. The molecule has 5 N–H and O–H groups in total. The first kappa shape index (κ1) is 13.1. The lowest BCUT2D eigenvalue weighted by atomic mass is 10.1. The zero-order chi connectivity index (χ0) is 13.7. The van der Waals surface area contributed by atoms with E-state index in [4.69, 9.17) is 5.73 Å². The Kier molecular flexibility index (Phi) is 4.15. The van der Waals surface area contributed by atoms with Crippen LogP contribution in [0, 0.1) is 0 Å². The number of rotatable bonds is 5. The summed E-state index contributed by atoms with van der Waals surface area (Å²) in [7, 11) is 0. The summed E-state index contributed by atoms with van der Waals surface area (Å²) in [5.41, 5.74) is 7.14. The highest BCUT2D eigenvalue weighted by molar-refractivity contribution is 5.97. The molecule has 0 spiro atoms. The van der Waals surface area contributed by atoms with Gasteiger partial charge in [-0.05, 0) is 12.0 Å². The number of carbonyl (C=O) groups is 1. The Morgan fingerprint density at radius 1 is 1.42 bits per heavy atom. The van der Waals surface area contributed by atoms with Gasteiger partial charge in [-0.25, -0.2) is 0 Å². The summed E-state index contributed by atoms with van der Waals surface area (Å²) < 4.78 is 0. The summed E-state index contributed by atoms with van der Waals surface area (Å²) in [5, 5.41) is 18.3. The number of nitrogens with zero attached hydrogens (tertiary/aromatic N) is 1. The fourth-order valence-electron chi connectivity index (χ4n) is 1.79. The number of benzene rings is 1. The number of aliphatic hydroxyl groups excluding tert-OH is 1. The smallest absolute Gasteiger partial charge is 0.271 e. The van der Waals surface area contributed by atoms with E-state index < -0.39 is 0 Å². The number of hydrogen-bond donors (Lipinski definition) is 4. The van der Waals surface area contributed by atoms with Gasteiger partial charge in [-0.15, -0.1) is 0 Å². The summed E-state index contributed by atoms with van der Waals surface area (Å²) >= 11 is 0. The minimum Gasteiger partial charge on any atom is -0.396 e. The predicted molar refractivity (Wildman–Crippen MR) is 71.5 cm³/mol. The number of H-pyrrole nitrogens is 1. The summed E-state index contributed by atoms with van der Waals surface area (Å²) in [6.45, 7) is -0.144. The van der Waals surface area contributed by atoms with Crippen molar-refractivity contribution in [2.75, 3.05) is 12.3 Å². The van der Waals surface area contributed by atoms with Crippen LogP contribution in [0.25, 0.3) is 0 Å².